The van der Waals surface area contributed by atoms with Gasteiger partial charge in [-0.05, 0) is 26.1 Å². The first kappa shape index (κ1) is 17.0. The minimum atomic E-state index is 0.413. The van der Waals surface area contributed by atoms with Gasteiger partial charge in [-0.2, -0.15) is 0 Å². The predicted molar refractivity (Wildman–Crippen MR) is 80.3 cm³/mol. The summed E-state index contributed by atoms with van der Waals surface area (Å²) >= 11 is 0. The zero-order valence-electron chi connectivity index (χ0n) is 12.9. The summed E-state index contributed by atoms with van der Waals surface area (Å²) in [5, 5.41) is 0. The van der Waals surface area contributed by atoms with Gasteiger partial charge in [0.25, 0.3) is 0 Å². The summed E-state index contributed by atoms with van der Waals surface area (Å²) in [5.74, 6) is 0.983. The van der Waals surface area contributed by atoms with E-state index in [0.29, 0.717) is 6.04 Å². The van der Waals surface area contributed by atoms with E-state index < -0.39 is 0 Å². The van der Waals surface area contributed by atoms with Crippen LogP contribution in [-0.4, -0.2) is 25.1 Å². The van der Waals surface area contributed by atoms with Gasteiger partial charge >= 0.3 is 0 Å². The Morgan fingerprint density at radius 1 is 1.06 bits per heavy atom. The van der Waals surface area contributed by atoms with E-state index >= 15 is 0 Å². The molecule has 0 aromatic heterocycles. The van der Waals surface area contributed by atoms with Gasteiger partial charge in [0.2, 0.25) is 0 Å². The average Bonchev–Trinajstić information content (AvgIpc) is 2.40. The molecule has 18 heavy (non-hydrogen) atoms. The van der Waals surface area contributed by atoms with Crippen LogP contribution < -0.4 is 4.74 Å². The van der Waals surface area contributed by atoms with Crippen LogP contribution in [0.15, 0.2) is 24.3 Å². The standard InChI is InChI=1S/C13H21NO.C3H8/c1-5-14(6-2)11(3)12-9-7-8-10-13(12)15-4;1-3-2/h7-11H,5-6H2,1-4H3;3H2,1-2H3/t11-;/m0./s1. The normalized spacial score (nSPS) is 11.7. The van der Waals surface area contributed by atoms with Gasteiger partial charge in [0.05, 0.1) is 7.11 Å². The summed E-state index contributed by atoms with van der Waals surface area (Å²) in [4.78, 5) is 2.41. The molecule has 2 heteroatoms. The molecular weight excluding hydrogens is 222 g/mol. The van der Waals surface area contributed by atoms with E-state index in [9.17, 15) is 0 Å². The molecule has 1 aromatic rings. The molecule has 0 amide bonds. The Bertz CT molecular complexity index is 308. The molecule has 104 valence electrons. The molecule has 0 spiro atoms. The van der Waals surface area contributed by atoms with E-state index in [4.69, 9.17) is 4.74 Å². The minimum absolute atomic E-state index is 0.413. The lowest BCUT2D eigenvalue weighted by molar-refractivity contribution is 0.229. The predicted octanol–water partition coefficient (Wildman–Crippen LogP) is 4.51. The lowest BCUT2D eigenvalue weighted by atomic mass is 10.1. The number of hydrogen-bond acceptors (Lipinski definition) is 2. The second kappa shape index (κ2) is 9.95. The monoisotopic (exact) mass is 251 g/mol. The summed E-state index contributed by atoms with van der Waals surface area (Å²) < 4.78 is 5.38. The van der Waals surface area contributed by atoms with Crippen LogP contribution in [0.5, 0.6) is 5.75 Å². The van der Waals surface area contributed by atoms with Crippen LogP contribution in [0, 0.1) is 0 Å². The molecule has 1 aromatic carbocycles. The van der Waals surface area contributed by atoms with Crippen LogP contribution in [-0.2, 0) is 0 Å². The Morgan fingerprint density at radius 3 is 2.00 bits per heavy atom. The average molecular weight is 251 g/mol. The molecular formula is C16H29NO. The van der Waals surface area contributed by atoms with Crippen molar-refractivity contribution in [3.8, 4) is 5.75 Å². The van der Waals surface area contributed by atoms with Crippen molar-refractivity contribution in [2.45, 2.75) is 47.1 Å². The van der Waals surface area contributed by atoms with Crippen LogP contribution in [0.2, 0.25) is 0 Å². The van der Waals surface area contributed by atoms with Crippen LogP contribution in [0.4, 0.5) is 0 Å². The topological polar surface area (TPSA) is 12.5 Å². The Hall–Kier alpha value is -1.02. The lowest BCUT2D eigenvalue weighted by Crippen LogP contribution is -2.26. The Balaban J connectivity index is 0.000000873. The van der Waals surface area contributed by atoms with Crippen molar-refractivity contribution in [3.05, 3.63) is 29.8 Å². The van der Waals surface area contributed by atoms with Crippen molar-refractivity contribution in [3.63, 3.8) is 0 Å². The molecule has 0 N–H and O–H groups in total. The largest absolute Gasteiger partial charge is 0.496 e. The first-order chi connectivity index (χ1) is 8.65. The van der Waals surface area contributed by atoms with Gasteiger partial charge < -0.3 is 4.74 Å². The lowest BCUT2D eigenvalue weighted by Gasteiger charge is -2.27. The smallest absolute Gasteiger partial charge is 0.123 e. The first-order valence-corrected chi connectivity index (χ1v) is 7.02. The Morgan fingerprint density at radius 2 is 1.56 bits per heavy atom. The van der Waals surface area contributed by atoms with E-state index in [1.165, 1.54) is 12.0 Å². The zero-order valence-corrected chi connectivity index (χ0v) is 12.9. The number of nitrogens with zero attached hydrogens (tertiary/aromatic N) is 1. The molecule has 0 aliphatic rings. The van der Waals surface area contributed by atoms with Gasteiger partial charge in [-0.3, -0.25) is 4.90 Å². The molecule has 1 atom stereocenters. The van der Waals surface area contributed by atoms with E-state index in [1.54, 1.807) is 7.11 Å². The van der Waals surface area contributed by atoms with Crippen LogP contribution in [0.3, 0.4) is 0 Å². The van der Waals surface area contributed by atoms with E-state index in [2.05, 4.69) is 51.7 Å². The highest BCUT2D eigenvalue weighted by Gasteiger charge is 2.15. The number of rotatable bonds is 5. The highest BCUT2D eigenvalue weighted by atomic mass is 16.5. The molecule has 0 heterocycles. The molecule has 0 saturated heterocycles. The molecule has 1 rings (SSSR count). The number of hydrogen-bond donors (Lipinski definition) is 0. The fraction of sp³-hybridized carbons (Fsp3) is 0.625. The van der Waals surface area contributed by atoms with Gasteiger partial charge in [-0.15, -0.1) is 0 Å². The molecule has 2 nitrogen and oxygen atoms in total. The van der Waals surface area contributed by atoms with E-state index in [1.807, 2.05) is 12.1 Å². The molecule has 0 fully saturated rings. The second-order valence-electron chi connectivity index (χ2n) is 4.35. The van der Waals surface area contributed by atoms with Gasteiger partial charge in [0.15, 0.2) is 0 Å². The van der Waals surface area contributed by atoms with Crippen molar-refractivity contribution >= 4 is 0 Å². The SMILES string of the molecule is CCC.CCN(CC)[C@@H](C)c1ccccc1OC. The van der Waals surface area contributed by atoms with Crippen molar-refractivity contribution in [1.82, 2.24) is 4.90 Å². The Labute approximate surface area is 113 Å². The van der Waals surface area contributed by atoms with Gasteiger partial charge in [-0.25, -0.2) is 0 Å². The molecule has 0 aliphatic heterocycles. The zero-order chi connectivity index (χ0) is 14.0. The number of ether oxygens (including phenoxy) is 1. The van der Waals surface area contributed by atoms with Crippen molar-refractivity contribution in [2.75, 3.05) is 20.2 Å². The quantitative estimate of drug-likeness (QED) is 0.763. The number of methoxy groups -OCH3 is 1. The van der Waals surface area contributed by atoms with Gasteiger partial charge in [-0.1, -0.05) is 52.3 Å². The first-order valence-electron chi connectivity index (χ1n) is 7.02. The van der Waals surface area contributed by atoms with Crippen molar-refractivity contribution < 1.29 is 4.74 Å². The number of para-hydroxylation sites is 1. The van der Waals surface area contributed by atoms with Crippen molar-refractivity contribution in [1.29, 1.82) is 0 Å². The molecule has 0 bridgehead atoms. The molecule has 0 radical (unpaired) electrons. The fourth-order valence-electron chi connectivity index (χ4n) is 1.98. The highest BCUT2D eigenvalue weighted by molar-refractivity contribution is 5.35. The number of benzene rings is 1. The summed E-state index contributed by atoms with van der Waals surface area (Å²) in [5.41, 5.74) is 1.27. The molecule has 0 unspecified atom stereocenters. The maximum atomic E-state index is 5.38. The van der Waals surface area contributed by atoms with Crippen LogP contribution in [0.25, 0.3) is 0 Å². The third-order valence-corrected chi connectivity index (χ3v) is 2.95. The maximum absolute atomic E-state index is 5.38. The molecule has 0 saturated carbocycles. The van der Waals surface area contributed by atoms with Crippen LogP contribution >= 0.6 is 0 Å². The van der Waals surface area contributed by atoms with Crippen LogP contribution in [0.1, 0.15) is 52.6 Å². The Kier molecular flexibility index (Phi) is 9.39. The van der Waals surface area contributed by atoms with Crippen molar-refractivity contribution in [2.24, 2.45) is 0 Å². The van der Waals surface area contributed by atoms with Gasteiger partial charge in [0.1, 0.15) is 5.75 Å². The minimum Gasteiger partial charge on any atom is -0.496 e. The maximum Gasteiger partial charge on any atom is 0.123 e. The fourth-order valence-corrected chi connectivity index (χ4v) is 1.98. The van der Waals surface area contributed by atoms with E-state index in [0.717, 1.165) is 18.8 Å². The van der Waals surface area contributed by atoms with E-state index in [-0.39, 0.29) is 0 Å². The third-order valence-electron chi connectivity index (χ3n) is 2.95. The summed E-state index contributed by atoms with van der Waals surface area (Å²) in [6.45, 7) is 13.0. The van der Waals surface area contributed by atoms with Gasteiger partial charge in [0, 0.05) is 11.6 Å². The molecule has 0 aliphatic carbocycles. The summed E-state index contributed by atoms with van der Waals surface area (Å²) in [6.07, 6.45) is 1.25. The third kappa shape index (κ3) is 5.09. The second-order valence-corrected chi connectivity index (χ2v) is 4.35. The summed E-state index contributed by atoms with van der Waals surface area (Å²) in [7, 11) is 1.73. The highest BCUT2D eigenvalue weighted by Crippen LogP contribution is 2.28. The summed E-state index contributed by atoms with van der Waals surface area (Å²) in [6, 6.07) is 8.66.